The van der Waals surface area contributed by atoms with E-state index in [9.17, 15) is 9.90 Å². The zero-order valence-corrected chi connectivity index (χ0v) is 12.0. The first kappa shape index (κ1) is 16.6. The van der Waals surface area contributed by atoms with Crippen LogP contribution in [-0.2, 0) is 14.3 Å². The number of aliphatic hydroxyl groups is 1. The summed E-state index contributed by atoms with van der Waals surface area (Å²) in [5, 5.41) is 12.7. The van der Waals surface area contributed by atoms with Gasteiger partial charge in [0.2, 0.25) is 0 Å². The molecule has 0 heterocycles. The molecule has 1 aromatic rings. The molecular formula is C15H23NO4. The summed E-state index contributed by atoms with van der Waals surface area (Å²) in [7, 11) is 1.36. The Kier molecular flexibility index (Phi) is 7.87. The number of ether oxygens (including phenoxy) is 2. The Morgan fingerprint density at radius 1 is 1.35 bits per heavy atom. The monoisotopic (exact) mass is 281 g/mol. The minimum Gasteiger partial charge on any atom is -0.469 e. The van der Waals surface area contributed by atoms with Crippen molar-refractivity contribution in [2.75, 3.05) is 26.8 Å². The maximum atomic E-state index is 10.9. The number of rotatable bonds is 9. The van der Waals surface area contributed by atoms with Gasteiger partial charge in [-0.05, 0) is 12.5 Å². The Bertz CT molecular complexity index is 383. The Balaban J connectivity index is 2.13. The van der Waals surface area contributed by atoms with Crippen molar-refractivity contribution >= 4 is 5.97 Å². The van der Waals surface area contributed by atoms with E-state index >= 15 is 0 Å². The van der Waals surface area contributed by atoms with Gasteiger partial charge in [0.15, 0.2) is 0 Å². The number of carbonyl (C=O) groups is 1. The number of carbonyl (C=O) groups excluding carboxylic acids is 1. The predicted molar refractivity (Wildman–Crippen MR) is 76.3 cm³/mol. The van der Waals surface area contributed by atoms with Crippen LogP contribution in [0.15, 0.2) is 30.3 Å². The van der Waals surface area contributed by atoms with E-state index in [4.69, 9.17) is 4.74 Å². The van der Waals surface area contributed by atoms with E-state index in [2.05, 4.69) is 10.1 Å². The molecule has 0 fully saturated rings. The molecule has 20 heavy (non-hydrogen) atoms. The van der Waals surface area contributed by atoms with E-state index in [1.807, 2.05) is 37.3 Å². The van der Waals surface area contributed by atoms with Crippen molar-refractivity contribution in [1.82, 2.24) is 5.32 Å². The Morgan fingerprint density at radius 2 is 2.05 bits per heavy atom. The number of nitrogens with one attached hydrogen (secondary N) is 1. The van der Waals surface area contributed by atoms with Gasteiger partial charge in [-0.15, -0.1) is 0 Å². The van der Waals surface area contributed by atoms with E-state index in [1.165, 1.54) is 7.11 Å². The average molecular weight is 281 g/mol. The lowest BCUT2D eigenvalue weighted by Crippen LogP contribution is -2.32. The molecule has 1 rings (SSSR count). The summed E-state index contributed by atoms with van der Waals surface area (Å²) in [5.74, 6) is -0.263. The summed E-state index contributed by atoms with van der Waals surface area (Å²) in [5.41, 5.74) is 1.08. The van der Waals surface area contributed by atoms with Gasteiger partial charge >= 0.3 is 5.97 Å². The van der Waals surface area contributed by atoms with Crippen LogP contribution in [0.1, 0.15) is 25.0 Å². The predicted octanol–water partition coefficient (Wildman–Crippen LogP) is 1.28. The van der Waals surface area contributed by atoms with Crippen LogP contribution in [0.25, 0.3) is 0 Å². The molecule has 0 aliphatic carbocycles. The first-order chi connectivity index (χ1) is 9.63. The molecule has 5 heteroatoms. The molecule has 112 valence electrons. The smallest absolute Gasteiger partial charge is 0.306 e. The second-order valence-corrected chi connectivity index (χ2v) is 4.57. The van der Waals surface area contributed by atoms with Crippen molar-refractivity contribution in [2.45, 2.75) is 25.6 Å². The largest absolute Gasteiger partial charge is 0.469 e. The van der Waals surface area contributed by atoms with Gasteiger partial charge in [-0.1, -0.05) is 30.3 Å². The third-order valence-corrected chi connectivity index (χ3v) is 2.92. The van der Waals surface area contributed by atoms with Gasteiger partial charge in [0.1, 0.15) is 0 Å². The molecule has 0 spiro atoms. The lowest BCUT2D eigenvalue weighted by atomic mass is 10.1. The highest BCUT2D eigenvalue weighted by Gasteiger charge is 2.09. The summed E-state index contributed by atoms with van der Waals surface area (Å²) in [4.78, 5) is 10.9. The highest BCUT2D eigenvalue weighted by Crippen LogP contribution is 2.15. The van der Waals surface area contributed by atoms with Crippen LogP contribution >= 0.6 is 0 Å². The minimum absolute atomic E-state index is 0.0547. The summed E-state index contributed by atoms with van der Waals surface area (Å²) in [6, 6.07) is 9.85. The van der Waals surface area contributed by atoms with E-state index in [0.29, 0.717) is 19.5 Å². The van der Waals surface area contributed by atoms with Crippen molar-refractivity contribution in [2.24, 2.45) is 0 Å². The van der Waals surface area contributed by atoms with E-state index in [1.54, 1.807) is 0 Å². The van der Waals surface area contributed by atoms with Gasteiger partial charge in [0.25, 0.3) is 0 Å². The zero-order valence-electron chi connectivity index (χ0n) is 12.0. The molecule has 0 saturated carbocycles. The van der Waals surface area contributed by atoms with Crippen molar-refractivity contribution in [3.8, 4) is 0 Å². The third-order valence-electron chi connectivity index (χ3n) is 2.92. The third kappa shape index (κ3) is 6.65. The van der Waals surface area contributed by atoms with Gasteiger partial charge in [-0.3, -0.25) is 4.79 Å². The van der Waals surface area contributed by atoms with Crippen molar-refractivity contribution in [3.63, 3.8) is 0 Å². The first-order valence-corrected chi connectivity index (χ1v) is 6.75. The first-order valence-electron chi connectivity index (χ1n) is 6.75. The van der Waals surface area contributed by atoms with Crippen molar-refractivity contribution in [1.29, 1.82) is 0 Å². The molecule has 0 aliphatic heterocycles. The van der Waals surface area contributed by atoms with Crippen LogP contribution < -0.4 is 5.32 Å². The van der Waals surface area contributed by atoms with Crippen LogP contribution in [0.2, 0.25) is 0 Å². The Labute approximate surface area is 119 Å². The van der Waals surface area contributed by atoms with E-state index in [-0.39, 0.29) is 18.7 Å². The van der Waals surface area contributed by atoms with Crippen LogP contribution in [0.4, 0.5) is 0 Å². The number of hydrogen-bond donors (Lipinski definition) is 2. The lowest BCUT2D eigenvalue weighted by molar-refractivity contribution is -0.140. The van der Waals surface area contributed by atoms with Crippen molar-refractivity contribution < 1.29 is 19.4 Å². The molecule has 0 aliphatic rings. The highest BCUT2D eigenvalue weighted by molar-refractivity contribution is 5.69. The van der Waals surface area contributed by atoms with Crippen LogP contribution in [0.5, 0.6) is 0 Å². The standard InChI is InChI=1S/C15H23NO4/c1-12(13-6-4-3-5-7-13)20-11-14(17)10-16-9-8-15(18)19-2/h3-7,12,14,16-17H,8-11H2,1-2H3. The molecule has 5 nitrogen and oxygen atoms in total. The normalized spacial score (nSPS) is 13.8. The van der Waals surface area contributed by atoms with Crippen LogP contribution in [0, 0.1) is 0 Å². The summed E-state index contributed by atoms with van der Waals surface area (Å²) in [6.45, 7) is 3.07. The SMILES string of the molecule is COC(=O)CCNCC(O)COC(C)c1ccccc1. The fourth-order valence-corrected chi connectivity index (χ4v) is 1.70. The minimum atomic E-state index is -0.598. The molecule has 2 atom stereocenters. The summed E-state index contributed by atoms with van der Waals surface area (Å²) < 4.78 is 10.1. The second kappa shape index (κ2) is 9.47. The number of benzene rings is 1. The van der Waals surface area contributed by atoms with Crippen LogP contribution in [-0.4, -0.2) is 44.0 Å². The molecule has 0 amide bonds. The highest BCUT2D eigenvalue weighted by atomic mass is 16.5. The van der Waals surface area contributed by atoms with E-state index < -0.39 is 6.10 Å². The molecule has 0 bridgehead atoms. The van der Waals surface area contributed by atoms with E-state index in [0.717, 1.165) is 5.56 Å². The second-order valence-electron chi connectivity index (χ2n) is 4.57. The molecule has 0 saturated heterocycles. The van der Waals surface area contributed by atoms with Gasteiger partial charge in [0.05, 0.1) is 32.3 Å². The Hall–Kier alpha value is -1.43. The van der Waals surface area contributed by atoms with Gasteiger partial charge < -0.3 is 19.9 Å². The quantitative estimate of drug-likeness (QED) is 0.527. The maximum absolute atomic E-state index is 10.9. The zero-order chi connectivity index (χ0) is 14.8. The Morgan fingerprint density at radius 3 is 2.70 bits per heavy atom. The number of methoxy groups -OCH3 is 1. The molecule has 0 radical (unpaired) electrons. The topological polar surface area (TPSA) is 67.8 Å². The van der Waals surface area contributed by atoms with Crippen LogP contribution in [0.3, 0.4) is 0 Å². The fourth-order valence-electron chi connectivity index (χ4n) is 1.70. The molecular weight excluding hydrogens is 258 g/mol. The maximum Gasteiger partial charge on any atom is 0.306 e. The molecule has 0 aromatic heterocycles. The molecule has 2 unspecified atom stereocenters. The number of esters is 1. The molecule has 2 N–H and O–H groups in total. The summed E-state index contributed by atoms with van der Waals surface area (Å²) >= 11 is 0. The van der Waals surface area contributed by atoms with Crippen molar-refractivity contribution in [3.05, 3.63) is 35.9 Å². The number of aliphatic hydroxyl groups excluding tert-OH is 1. The average Bonchev–Trinajstić information content (AvgIpc) is 2.49. The van der Waals surface area contributed by atoms with Gasteiger partial charge in [-0.25, -0.2) is 0 Å². The molecule has 1 aromatic carbocycles. The fraction of sp³-hybridized carbons (Fsp3) is 0.533. The van der Waals surface area contributed by atoms with Gasteiger partial charge in [-0.2, -0.15) is 0 Å². The number of hydrogen-bond acceptors (Lipinski definition) is 5. The lowest BCUT2D eigenvalue weighted by Gasteiger charge is -2.17. The van der Waals surface area contributed by atoms with Gasteiger partial charge in [0, 0.05) is 13.1 Å². The summed E-state index contributed by atoms with van der Waals surface area (Å²) in [6.07, 6.45) is -0.357.